The van der Waals surface area contributed by atoms with Crippen LogP contribution in [0.15, 0.2) is 87.9 Å². The zero-order valence-corrected chi connectivity index (χ0v) is 18.8. The average Bonchev–Trinajstić information content (AvgIpc) is 3.21. The number of hydrogen-bond acceptors (Lipinski definition) is 3. The second-order valence-electron chi connectivity index (χ2n) is 8.53. The number of benzene rings is 2. The molecule has 3 aromatic rings. The second-order valence-corrected chi connectivity index (χ2v) is 10.5. The van der Waals surface area contributed by atoms with Crippen LogP contribution in [0, 0.1) is 0 Å². The van der Waals surface area contributed by atoms with Crippen LogP contribution < -0.4 is 0 Å². The van der Waals surface area contributed by atoms with Gasteiger partial charge in [-0.3, -0.25) is 0 Å². The van der Waals surface area contributed by atoms with Crippen LogP contribution in [-0.2, 0) is 22.0 Å². The predicted molar refractivity (Wildman–Crippen MR) is 122 cm³/mol. The fourth-order valence-corrected chi connectivity index (χ4v) is 4.68. The van der Waals surface area contributed by atoms with Gasteiger partial charge >= 0.3 is 0 Å². The van der Waals surface area contributed by atoms with Crippen molar-refractivity contribution in [1.29, 1.82) is 0 Å². The Morgan fingerprint density at radius 2 is 1.63 bits per heavy atom. The van der Waals surface area contributed by atoms with Gasteiger partial charge in [-0.05, 0) is 47.7 Å². The Kier molecular flexibility index (Phi) is 6.64. The summed E-state index contributed by atoms with van der Waals surface area (Å²) in [6, 6.07) is 20.6. The highest BCUT2D eigenvalue weighted by Gasteiger charge is 2.26. The Bertz CT molecular complexity index is 1080. The molecule has 0 aliphatic rings. The van der Waals surface area contributed by atoms with Crippen LogP contribution in [0.25, 0.3) is 6.08 Å². The molecule has 30 heavy (non-hydrogen) atoms. The molecule has 1 heterocycles. The van der Waals surface area contributed by atoms with Gasteiger partial charge in [-0.25, -0.2) is 8.42 Å². The fraction of sp³-hybridized carbons (Fsp3) is 0.280. The molecule has 2 aromatic carbocycles. The molecule has 4 nitrogen and oxygen atoms in total. The highest BCUT2D eigenvalue weighted by Crippen LogP contribution is 2.26. The first-order valence-electron chi connectivity index (χ1n) is 10.0. The van der Waals surface area contributed by atoms with E-state index < -0.39 is 10.0 Å². The molecule has 0 saturated heterocycles. The third-order valence-corrected chi connectivity index (χ3v) is 6.71. The SMILES string of the molecule is C/C(=C\c1ccccc1)CN(Cc1ccco1)S(=O)(=O)c1ccc(C(C)(C)C)cc1. The number of nitrogens with zero attached hydrogens (tertiary/aromatic N) is 1. The summed E-state index contributed by atoms with van der Waals surface area (Å²) < 4.78 is 33.8. The van der Waals surface area contributed by atoms with Crippen molar-refractivity contribution in [2.24, 2.45) is 0 Å². The van der Waals surface area contributed by atoms with E-state index in [0.29, 0.717) is 5.76 Å². The lowest BCUT2D eigenvalue weighted by Gasteiger charge is -2.23. The molecule has 0 bridgehead atoms. The number of hydrogen-bond donors (Lipinski definition) is 0. The topological polar surface area (TPSA) is 50.5 Å². The molecule has 0 spiro atoms. The average molecular weight is 424 g/mol. The maximum absolute atomic E-state index is 13.5. The van der Waals surface area contributed by atoms with E-state index in [9.17, 15) is 8.42 Å². The molecule has 0 aliphatic carbocycles. The van der Waals surface area contributed by atoms with E-state index in [-0.39, 0.29) is 23.4 Å². The minimum Gasteiger partial charge on any atom is -0.468 e. The van der Waals surface area contributed by atoms with Crippen molar-refractivity contribution >= 4 is 16.1 Å². The normalized spacial score (nSPS) is 13.0. The van der Waals surface area contributed by atoms with Gasteiger partial charge in [-0.15, -0.1) is 0 Å². The summed E-state index contributed by atoms with van der Waals surface area (Å²) in [5.41, 5.74) is 3.05. The molecule has 3 rings (SSSR count). The van der Waals surface area contributed by atoms with E-state index in [1.54, 1.807) is 30.5 Å². The van der Waals surface area contributed by atoms with Gasteiger partial charge < -0.3 is 4.42 Å². The number of rotatable bonds is 7. The third kappa shape index (κ3) is 5.49. The Morgan fingerprint density at radius 1 is 0.967 bits per heavy atom. The van der Waals surface area contributed by atoms with Gasteiger partial charge in [-0.2, -0.15) is 4.31 Å². The third-order valence-electron chi connectivity index (χ3n) is 4.91. The van der Waals surface area contributed by atoms with E-state index >= 15 is 0 Å². The van der Waals surface area contributed by atoms with E-state index in [0.717, 1.165) is 16.7 Å². The lowest BCUT2D eigenvalue weighted by molar-refractivity contribution is 0.381. The van der Waals surface area contributed by atoms with Crippen LogP contribution in [0.4, 0.5) is 0 Å². The summed E-state index contributed by atoms with van der Waals surface area (Å²) in [7, 11) is -3.69. The summed E-state index contributed by atoms with van der Waals surface area (Å²) in [5.74, 6) is 0.609. The summed E-state index contributed by atoms with van der Waals surface area (Å²) in [5, 5.41) is 0. The van der Waals surface area contributed by atoms with E-state index in [2.05, 4.69) is 20.8 Å². The molecule has 0 N–H and O–H groups in total. The van der Waals surface area contributed by atoms with E-state index in [4.69, 9.17) is 4.42 Å². The molecule has 0 fully saturated rings. The zero-order valence-electron chi connectivity index (χ0n) is 18.0. The van der Waals surface area contributed by atoms with E-state index in [1.807, 2.05) is 55.5 Å². The van der Waals surface area contributed by atoms with Gasteiger partial charge in [0.25, 0.3) is 0 Å². The van der Waals surface area contributed by atoms with Crippen molar-refractivity contribution in [3.05, 3.63) is 95.5 Å². The fourth-order valence-electron chi connectivity index (χ4n) is 3.24. The van der Waals surface area contributed by atoms with Crippen molar-refractivity contribution < 1.29 is 12.8 Å². The highest BCUT2D eigenvalue weighted by molar-refractivity contribution is 7.89. The lowest BCUT2D eigenvalue weighted by Crippen LogP contribution is -2.32. The first-order valence-corrected chi connectivity index (χ1v) is 11.5. The summed E-state index contributed by atoms with van der Waals surface area (Å²) in [6.45, 7) is 8.72. The molecular formula is C25H29NO3S. The Labute approximate surface area is 179 Å². The maximum atomic E-state index is 13.5. The summed E-state index contributed by atoms with van der Waals surface area (Å²) in [4.78, 5) is 0.287. The largest absolute Gasteiger partial charge is 0.468 e. The van der Waals surface area contributed by atoms with Gasteiger partial charge in [0, 0.05) is 6.54 Å². The van der Waals surface area contributed by atoms with Crippen molar-refractivity contribution in [3.63, 3.8) is 0 Å². The maximum Gasteiger partial charge on any atom is 0.243 e. The van der Waals surface area contributed by atoms with Crippen molar-refractivity contribution in [2.75, 3.05) is 6.54 Å². The quantitative estimate of drug-likeness (QED) is 0.477. The number of sulfonamides is 1. The highest BCUT2D eigenvalue weighted by atomic mass is 32.2. The van der Waals surface area contributed by atoms with Crippen LogP contribution >= 0.6 is 0 Å². The predicted octanol–water partition coefficient (Wildman–Crippen LogP) is 5.87. The Hall–Kier alpha value is -2.63. The molecule has 158 valence electrons. The molecule has 0 aliphatic heterocycles. The first-order chi connectivity index (χ1) is 14.2. The van der Waals surface area contributed by atoms with Gasteiger partial charge in [-0.1, -0.05) is 74.9 Å². The zero-order chi connectivity index (χ0) is 21.8. The Morgan fingerprint density at radius 3 is 2.20 bits per heavy atom. The minimum absolute atomic E-state index is 0.0366. The van der Waals surface area contributed by atoms with Crippen LogP contribution in [-0.4, -0.2) is 19.3 Å². The minimum atomic E-state index is -3.69. The lowest BCUT2D eigenvalue weighted by atomic mass is 9.87. The summed E-state index contributed by atoms with van der Waals surface area (Å²) >= 11 is 0. The van der Waals surface area contributed by atoms with Gasteiger partial charge in [0.15, 0.2) is 0 Å². The molecule has 0 radical (unpaired) electrons. The van der Waals surface area contributed by atoms with Crippen LogP contribution in [0.2, 0.25) is 0 Å². The van der Waals surface area contributed by atoms with Gasteiger partial charge in [0.05, 0.1) is 17.7 Å². The molecule has 0 atom stereocenters. The van der Waals surface area contributed by atoms with Crippen molar-refractivity contribution in [3.8, 4) is 0 Å². The molecule has 0 amide bonds. The molecule has 0 unspecified atom stereocenters. The van der Waals surface area contributed by atoms with Crippen LogP contribution in [0.1, 0.15) is 44.6 Å². The summed E-state index contributed by atoms with van der Waals surface area (Å²) in [6.07, 6.45) is 3.57. The van der Waals surface area contributed by atoms with E-state index in [1.165, 1.54) is 4.31 Å². The second kappa shape index (κ2) is 9.02. The van der Waals surface area contributed by atoms with Crippen LogP contribution in [0.5, 0.6) is 0 Å². The molecule has 0 saturated carbocycles. The monoisotopic (exact) mass is 423 g/mol. The number of furan rings is 1. The molecular weight excluding hydrogens is 394 g/mol. The van der Waals surface area contributed by atoms with Crippen molar-refractivity contribution in [1.82, 2.24) is 4.31 Å². The molecule has 1 aromatic heterocycles. The van der Waals surface area contributed by atoms with Crippen LogP contribution in [0.3, 0.4) is 0 Å². The smallest absolute Gasteiger partial charge is 0.243 e. The van der Waals surface area contributed by atoms with Gasteiger partial charge in [0.1, 0.15) is 5.76 Å². The molecule has 5 heteroatoms. The Balaban J connectivity index is 1.91. The van der Waals surface area contributed by atoms with Gasteiger partial charge in [0.2, 0.25) is 10.0 Å². The first kappa shape index (κ1) is 22.1. The standard InChI is InChI=1S/C25H29NO3S/c1-20(17-21-9-6-5-7-10-21)18-26(19-23-11-8-16-29-23)30(27,28)24-14-12-22(13-15-24)25(2,3)4/h5-17H,18-19H2,1-4H3/b20-17+. The van der Waals surface area contributed by atoms with Crippen molar-refractivity contribution in [2.45, 2.75) is 44.6 Å².